The minimum Gasteiger partial charge on any atom is -0.613 e. The van der Waals surface area contributed by atoms with E-state index in [9.17, 15) is 5.21 Å². The molecule has 4 nitrogen and oxygen atoms in total. The van der Waals surface area contributed by atoms with Gasteiger partial charge in [-0.2, -0.15) is 5.84 Å². The molecule has 0 aromatic carbocycles. The monoisotopic (exact) mass is 317 g/mol. The molecular formula is C19H31N3O. The van der Waals surface area contributed by atoms with Crippen LogP contribution in [0.4, 0.5) is 0 Å². The average molecular weight is 317 g/mol. The third kappa shape index (κ3) is 2.08. The summed E-state index contributed by atoms with van der Waals surface area (Å²) in [6.45, 7) is 4.80. The number of rotatable bonds is 1. The number of nitrogens with one attached hydrogen (secondary N) is 1. The number of allylic oxidation sites excluding steroid dienone is 4. The molecule has 128 valence electrons. The van der Waals surface area contributed by atoms with Crippen molar-refractivity contribution in [2.24, 2.45) is 40.2 Å². The van der Waals surface area contributed by atoms with Gasteiger partial charge in [0.05, 0.1) is 0 Å². The smallest absolute Gasteiger partial charge is 0.110 e. The van der Waals surface area contributed by atoms with Crippen LogP contribution in [0.2, 0.25) is 0 Å². The van der Waals surface area contributed by atoms with Crippen LogP contribution in [0.15, 0.2) is 23.4 Å². The lowest BCUT2D eigenvalue weighted by Crippen LogP contribution is -3.18. The van der Waals surface area contributed by atoms with Crippen LogP contribution in [0.1, 0.15) is 58.8 Å². The maximum atomic E-state index is 11.9. The fourth-order valence-electron chi connectivity index (χ4n) is 6.81. The third-order valence-electron chi connectivity index (χ3n) is 8.14. The van der Waals surface area contributed by atoms with Crippen molar-refractivity contribution in [1.29, 1.82) is 0 Å². The predicted octanol–water partition coefficient (Wildman–Crippen LogP) is 2.03. The highest BCUT2D eigenvalue weighted by Crippen LogP contribution is 2.63. The van der Waals surface area contributed by atoms with Gasteiger partial charge in [0.1, 0.15) is 6.04 Å². The number of hydrogen-bond acceptors (Lipinski definition) is 3. The van der Waals surface area contributed by atoms with E-state index in [1.54, 1.807) is 0 Å². The summed E-state index contributed by atoms with van der Waals surface area (Å²) in [7, 11) is 0. The molecule has 4 aliphatic carbocycles. The fraction of sp³-hybridized carbons (Fsp3) is 0.789. The Morgan fingerprint density at radius 1 is 1.17 bits per heavy atom. The molecule has 0 heterocycles. The highest BCUT2D eigenvalue weighted by molar-refractivity contribution is 5.36. The highest BCUT2D eigenvalue weighted by Gasteiger charge is 2.59. The number of nitrogens with two attached hydrogens (primary N) is 2. The lowest BCUT2D eigenvalue weighted by Gasteiger charge is -2.56. The number of fused-ring (bicyclic) bond motifs is 5. The first-order valence-corrected chi connectivity index (χ1v) is 9.32. The quantitative estimate of drug-likeness (QED) is 0.511. The standard InChI is InChI=1S/C19H31N3O/c1-18-9-7-13(20)11-12(18)3-4-14-15-5-6-17(22(21)23)19(15,2)10-8-16(14)18/h3,11,14-17,22H,4-10,20-21H2,1-2H3. The van der Waals surface area contributed by atoms with Crippen molar-refractivity contribution in [3.05, 3.63) is 28.6 Å². The zero-order valence-electron chi connectivity index (χ0n) is 14.5. The Hall–Kier alpha value is -0.840. The van der Waals surface area contributed by atoms with Crippen LogP contribution in [-0.4, -0.2) is 6.04 Å². The van der Waals surface area contributed by atoms with E-state index >= 15 is 0 Å². The summed E-state index contributed by atoms with van der Waals surface area (Å²) in [6, 6.07) is 0.0912. The van der Waals surface area contributed by atoms with Crippen LogP contribution < -0.4 is 16.7 Å². The first kappa shape index (κ1) is 15.7. The summed E-state index contributed by atoms with van der Waals surface area (Å²) >= 11 is 0. The Morgan fingerprint density at radius 2 is 1.96 bits per heavy atom. The summed E-state index contributed by atoms with van der Waals surface area (Å²) in [5.41, 5.74) is 9.05. The maximum absolute atomic E-state index is 11.9. The van der Waals surface area contributed by atoms with Crippen molar-refractivity contribution in [2.45, 2.75) is 64.8 Å². The van der Waals surface area contributed by atoms with E-state index in [0.29, 0.717) is 5.92 Å². The van der Waals surface area contributed by atoms with E-state index in [-0.39, 0.29) is 22.0 Å². The van der Waals surface area contributed by atoms with Crippen molar-refractivity contribution < 1.29 is 5.17 Å². The molecule has 0 radical (unpaired) electrons. The molecule has 2 fully saturated rings. The Balaban J connectivity index is 1.68. The van der Waals surface area contributed by atoms with E-state index in [4.69, 9.17) is 11.6 Å². The Labute approximate surface area is 139 Å². The minimum atomic E-state index is -0.0694. The van der Waals surface area contributed by atoms with Crippen LogP contribution in [0, 0.1) is 33.8 Å². The van der Waals surface area contributed by atoms with Gasteiger partial charge in [-0.05, 0) is 73.3 Å². The van der Waals surface area contributed by atoms with Gasteiger partial charge in [-0.3, -0.25) is 5.17 Å². The van der Waals surface area contributed by atoms with Crippen molar-refractivity contribution in [3.63, 3.8) is 0 Å². The maximum Gasteiger partial charge on any atom is 0.110 e. The summed E-state index contributed by atoms with van der Waals surface area (Å²) in [5, 5.41) is 11.9. The van der Waals surface area contributed by atoms with Gasteiger partial charge in [-0.25, -0.2) is 0 Å². The van der Waals surface area contributed by atoms with Gasteiger partial charge in [0.2, 0.25) is 0 Å². The van der Waals surface area contributed by atoms with Crippen LogP contribution in [0.25, 0.3) is 0 Å². The minimum absolute atomic E-state index is 0.0694. The van der Waals surface area contributed by atoms with Gasteiger partial charge in [0.25, 0.3) is 0 Å². The highest BCUT2D eigenvalue weighted by atomic mass is 16.5. The summed E-state index contributed by atoms with van der Waals surface area (Å²) < 4.78 is 0. The van der Waals surface area contributed by atoms with E-state index in [1.165, 1.54) is 24.8 Å². The number of quaternary nitrogens is 1. The molecule has 0 saturated heterocycles. The molecule has 5 N–H and O–H groups in total. The predicted molar refractivity (Wildman–Crippen MR) is 91.7 cm³/mol. The zero-order valence-corrected chi connectivity index (χ0v) is 14.5. The molecule has 4 rings (SSSR count). The van der Waals surface area contributed by atoms with E-state index in [0.717, 1.165) is 43.2 Å². The molecular weight excluding hydrogens is 286 g/mol. The van der Waals surface area contributed by atoms with Crippen molar-refractivity contribution in [2.75, 3.05) is 0 Å². The SMILES string of the molecule is CC12CCC(N)=CC1=CCC1C2CCC2(C)C1CCC2[NH+](N)[O-]. The van der Waals surface area contributed by atoms with Crippen LogP contribution in [0.3, 0.4) is 0 Å². The zero-order chi connectivity index (χ0) is 16.4. The van der Waals surface area contributed by atoms with Crippen LogP contribution in [-0.2, 0) is 0 Å². The molecule has 0 spiro atoms. The number of hydrogen-bond donors (Lipinski definition) is 3. The lowest BCUT2D eigenvalue weighted by atomic mass is 9.48. The molecule has 4 aliphatic rings. The van der Waals surface area contributed by atoms with Gasteiger partial charge in [0.15, 0.2) is 0 Å². The second-order valence-electron chi connectivity index (χ2n) is 8.99. The third-order valence-corrected chi connectivity index (χ3v) is 8.14. The molecule has 2 saturated carbocycles. The molecule has 4 heteroatoms. The van der Waals surface area contributed by atoms with Crippen molar-refractivity contribution >= 4 is 0 Å². The van der Waals surface area contributed by atoms with Crippen LogP contribution >= 0.6 is 0 Å². The van der Waals surface area contributed by atoms with E-state index in [1.807, 2.05) is 0 Å². The summed E-state index contributed by atoms with van der Waals surface area (Å²) in [4.78, 5) is 0. The Bertz CT molecular complexity index is 569. The van der Waals surface area contributed by atoms with E-state index in [2.05, 4.69) is 26.0 Å². The Kier molecular flexibility index (Phi) is 3.46. The largest absolute Gasteiger partial charge is 0.613 e. The van der Waals surface area contributed by atoms with Gasteiger partial charge in [-0.1, -0.05) is 19.9 Å². The molecule has 0 amide bonds. The molecule has 0 bridgehead atoms. The normalized spacial score (nSPS) is 50.3. The van der Waals surface area contributed by atoms with Crippen LogP contribution in [0.5, 0.6) is 0 Å². The molecule has 7 atom stereocenters. The molecule has 0 aromatic heterocycles. The number of hydroxylamine groups is 1. The van der Waals surface area contributed by atoms with Gasteiger partial charge in [0, 0.05) is 17.5 Å². The van der Waals surface area contributed by atoms with E-state index < -0.39 is 0 Å². The average Bonchev–Trinajstić information content (AvgIpc) is 2.85. The van der Waals surface area contributed by atoms with Gasteiger partial charge < -0.3 is 10.9 Å². The summed E-state index contributed by atoms with van der Waals surface area (Å²) in [6.07, 6.45) is 12.7. The Morgan fingerprint density at radius 3 is 2.70 bits per heavy atom. The molecule has 0 aliphatic heterocycles. The molecule has 0 aromatic rings. The van der Waals surface area contributed by atoms with Gasteiger partial charge in [-0.15, -0.1) is 0 Å². The van der Waals surface area contributed by atoms with Crippen molar-refractivity contribution in [3.8, 4) is 0 Å². The lowest BCUT2D eigenvalue weighted by molar-refractivity contribution is -0.895. The second kappa shape index (κ2) is 5.08. The van der Waals surface area contributed by atoms with Gasteiger partial charge >= 0.3 is 0 Å². The fourth-order valence-corrected chi connectivity index (χ4v) is 6.81. The first-order valence-electron chi connectivity index (χ1n) is 9.32. The molecule has 7 unspecified atom stereocenters. The van der Waals surface area contributed by atoms with Crippen molar-refractivity contribution in [1.82, 2.24) is 0 Å². The molecule has 23 heavy (non-hydrogen) atoms. The second-order valence-corrected chi connectivity index (χ2v) is 8.99. The first-order chi connectivity index (χ1) is 10.9. The summed E-state index contributed by atoms with van der Waals surface area (Å²) in [5.74, 6) is 7.87. The topological polar surface area (TPSA) is 79.5 Å².